The van der Waals surface area contributed by atoms with Crippen LogP contribution in [0.4, 0.5) is 0 Å². The first-order chi connectivity index (χ1) is 9.34. The van der Waals surface area contributed by atoms with Gasteiger partial charge in [0, 0.05) is 16.5 Å². The van der Waals surface area contributed by atoms with Crippen molar-refractivity contribution in [2.75, 3.05) is 0 Å². The summed E-state index contributed by atoms with van der Waals surface area (Å²) < 4.78 is 5.67. The van der Waals surface area contributed by atoms with Crippen LogP contribution in [0.3, 0.4) is 0 Å². The highest BCUT2D eigenvalue weighted by Crippen LogP contribution is 2.23. The largest absolute Gasteiger partial charge is 0.473 e. The highest BCUT2D eigenvalue weighted by atomic mass is 35.5. The zero-order chi connectivity index (χ0) is 14.8. The zero-order valence-corrected chi connectivity index (χ0v) is 13.2. The van der Waals surface area contributed by atoms with E-state index in [2.05, 4.69) is 9.97 Å². The third-order valence-electron chi connectivity index (χ3n) is 2.64. The van der Waals surface area contributed by atoms with Gasteiger partial charge in [-0.3, -0.25) is 0 Å². The molecule has 0 fully saturated rings. The Hall–Kier alpha value is -1.32. The Morgan fingerprint density at radius 1 is 1.05 bits per heavy atom. The summed E-state index contributed by atoms with van der Waals surface area (Å²) in [6, 6.07) is 9.10. The van der Waals surface area contributed by atoms with Crippen molar-refractivity contribution < 1.29 is 4.74 Å². The van der Waals surface area contributed by atoms with Gasteiger partial charge < -0.3 is 4.74 Å². The van der Waals surface area contributed by atoms with Gasteiger partial charge >= 0.3 is 0 Å². The first kappa shape index (κ1) is 15.1. The van der Waals surface area contributed by atoms with E-state index in [1.54, 1.807) is 6.07 Å². The maximum atomic E-state index is 6.01. The van der Waals surface area contributed by atoms with E-state index in [1.807, 2.05) is 45.0 Å². The van der Waals surface area contributed by atoms with Crippen molar-refractivity contribution in [1.82, 2.24) is 9.97 Å². The van der Waals surface area contributed by atoms with Gasteiger partial charge in [0.25, 0.3) is 0 Å². The Balaban J connectivity index is 2.13. The van der Waals surface area contributed by atoms with Crippen molar-refractivity contribution in [3.8, 4) is 5.88 Å². The summed E-state index contributed by atoms with van der Waals surface area (Å²) in [7, 11) is 0. The lowest BCUT2D eigenvalue weighted by Crippen LogP contribution is -2.16. The predicted octanol–water partition coefficient (Wildman–Crippen LogP) is 4.66. The summed E-state index contributed by atoms with van der Waals surface area (Å²) in [6.07, 6.45) is 0. The summed E-state index contributed by atoms with van der Waals surface area (Å²) in [5.74, 6) is 1.14. The normalized spacial score (nSPS) is 11.4. The minimum atomic E-state index is -0.177. The fraction of sp³-hybridized carbons (Fsp3) is 0.333. The Morgan fingerprint density at radius 3 is 2.30 bits per heavy atom. The number of rotatable bonds is 3. The molecule has 0 saturated carbocycles. The molecule has 3 nitrogen and oxygen atoms in total. The van der Waals surface area contributed by atoms with E-state index < -0.39 is 0 Å². The van der Waals surface area contributed by atoms with Gasteiger partial charge in [-0.15, -0.1) is 0 Å². The van der Waals surface area contributed by atoms with E-state index in [0.29, 0.717) is 28.5 Å². The molecule has 0 aliphatic rings. The summed E-state index contributed by atoms with van der Waals surface area (Å²) in [5.41, 5.74) is 0.838. The van der Waals surface area contributed by atoms with Crippen molar-refractivity contribution in [2.24, 2.45) is 0 Å². The van der Waals surface area contributed by atoms with Gasteiger partial charge in [0.05, 0.1) is 0 Å². The fourth-order valence-electron chi connectivity index (χ4n) is 1.54. The number of ether oxygens (including phenoxy) is 1. The molecular weight excluding hydrogens is 295 g/mol. The third-order valence-corrected chi connectivity index (χ3v) is 3.09. The van der Waals surface area contributed by atoms with Gasteiger partial charge in [-0.1, -0.05) is 56.1 Å². The molecule has 106 valence electrons. The zero-order valence-electron chi connectivity index (χ0n) is 11.7. The van der Waals surface area contributed by atoms with Gasteiger partial charge in [0.1, 0.15) is 17.6 Å². The maximum absolute atomic E-state index is 6.01. The van der Waals surface area contributed by atoms with Gasteiger partial charge in [-0.2, -0.15) is 4.98 Å². The Kier molecular flexibility index (Phi) is 4.51. The van der Waals surface area contributed by atoms with Crippen molar-refractivity contribution in [1.29, 1.82) is 0 Å². The molecule has 0 N–H and O–H groups in total. The second kappa shape index (κ2) is 5.98. The Morgan fingerprint density at radius 2 is 1.70 bits per heavy atom. The predicted molar refractivity (Wildman–Crippen MR) is 81.5 cm³/mol. The monoisotopic (exact) mass is 310 g/mol. The second-order valence-electron chi connectivity index (χ2n) is 5.52. The maximum Gasteiger partial charge on any atom is 0.218 e. The molecule has 1 heterocycles. The highest BCUT2D eigenvalue weighted by Gasteiger charge is 2.19. The topological polar surface area (TPSA) is 35.0 Å². The van der Waals surface area contributed by atoms with Crippen LogP contribution in [0.5, 0.6) is 5.88 Å². The minimum absolute atomic E-state index is 0.177. The van der Waals surface area contributed by atoms with Gasteiger partial charge in [-0.05, 0) is 17.7 Å². The molecule has 0 aliphatic carbocycles. The van der Waals surface area contributed by atoms with Crippen LogP contribution in [0, 0.1) is 0 Å². The number of hydrogen-bond donors (Lipinski definition) is 0. The molecule has 0 bridgehead atoms. The summed E-state index contributed by atoms with van der Waals surface area (Å²) in [6.45, 7) is 6.50. The lowest BCUT2D eigenvalue weighted by atomic mass is 9.96. The van der Waals surface area contributed by atoms with Crippen LogP contribution in [0.1, 0.15) is 32.2 Å². The summed E-state index contributed by atoms with van der Waals surface area (Å²) in [5, 5.41) is 1.09. The molecule has 1 aromatic carbocycles. The first-order valence-electron chi connectivity index (χ1n) is 6.27. The van der Waals surface area contributed by atoms with Crippen LogP contribution >= 0.6 is 23.2 Å². The number of nitrogens with zero attached hydrogens (tertiary/aromatic N) is 2. The van der Waals surface area contributed by atoms with Crippen LogP contribution < -0.4 is 4.74 Å². The number of benzene rings is 1. The van der Waals surface area contributed by atoms with E-state index in [0.717, 1.165) is 5.56 Å². The standard InChI is InChI=1S/C15H16Cl2N2O/c1-15(2,3)14-18-12(17)8-13(19-14)20-9-10-4-6-11(16)7-5-10/h4-8H,9H2,1-3H3. The van der Waals surface area contributed by atoms with Gasteiger partial charge in [0.2, 0.25) is 5.88 Å². The molecular formula is C15H16Cl2N2O. The van der Waals surface area contributed by atoms with Crippen LogP contribution in [0.15, 0.2) is 30.3 Å². The highest BCUT2D eigenvalue weighted by molar-refractivity contribution is 6.30. The number of halogens is 2. The van der Waals surface area contributed by atoms with E-state index in [9.17, 15) is 0 Å². The molecule has 5 heteroatoms. The SMILES string of the molecule is CC(C)(C)c1nc(Cl)cc(OCc2ccc(Cl)cc2)n1. The van der Waals surface area contributed by atoms with E-state index >= 15 is 0 Å². The fourth-order valence-corrected chi connectivity index (χ4v) is 1.84. The number of hydrogen-bond acceptors (Lipinski definition) is 3. The Labute approximate surface area is 128 Å². The van der Waals surface area contributed by atoms with Crippen molar-refractivity contribution in [3.05, 3.63) is 51.9 Å². The van der Waals surface area contributed by atoms with E-state index in [1.165, 1.54) is 0 Å². The van der Waals surface area contributed by atoms with Crippen molar-refractivity contribution in [3.63, 3.8) is 0 Å². The number of aromatic nitrogens is 2. The van der Waals surface area contributed by atoms with Crippen molar-refractivity contribution >= 4 is 23.2 Å². The molecule has 0 spiro atoms. The summed E-state index contributed by atoms with van der Waals surface area (Å²) >= 11 is 11.9. The Bertz CT molecular complexity index is 592. The third kappa shape index (κ3) is 4.09. The smallest absolute Gasteiger partial charge is 0.218 e. The molecule has 0 unspecified atom stereocenters. The average Bonchev–Trinajstić information content (AvgIpc) is 2.36. The molecule has 0 aliphatic heterocycles. The molecule has 2 aromatic rings. The quantitative estimate of drug-likeness (QED) is 0.773. The molecule has 1 aromatic heterocycles. The molecule has 2 rings (SSSR count). The average molecular weight is 311 g/mol. The lowest BCUT2D eigenvalue weighted by molar-refractivity contribution is 0.290. The second-order valence-corrected chi connectivity index (χ2v) is 6.34. The van der Waals surface area contributed by atoms with Crippen LogP contribution in [-0.2, 0) is 12.0 Å². The lowest BCUT2D eigenvalue weighted by Gasteiger charge is -2.17. The molecule has 0 amide bonds. The molecule has 20 heavy (non-hydrogen) atoms. The van der Waals surface area contributed by atoms with Crippen molar-refractivity contribution in [2.45, 2.75) is 32.8 Å². The van der Waals surface area contributed by atoms with E-state index in [-0.39, 0.29) is 5.41 Å². The molecule has 0 atom stereocenters. The van der Waals surface area contributed by atoms with Crippen LogP contribution in [-0.4, -0.2) is 9.97 Å². The minimum Gasteiger partial charge on any atom is -0.473 e. The van der Waals surface area contributed by atoms with Crippen LogP contribution in [0.2, 0.25) is 10.2 Å². The van der Waals surface area contributed by atoms with Gasteiger partial charge in [-0.25, -0.2) is 4.98 Å². The van der Waals surface area contributed by atoms with E-state index in [4.69, 9.17) is 27.9 Å². The first-order valence-corrected chi connectivity index (χ1v) is 7.02. The summed E-state index contributed by atoms with van der Waals surface area (Å²) in [4.78, 5) is 8.62. The molecule has 0 saturated heterocycles. The van der Waals surface area contributed by atoms with Gasteiger partial charge in [0.15, 0.2) is 0 Å². The van der Waals surface area contributed by atoms with Crippen LogP contribution in [0.25, 0.3) is 0 Å². The molecule has 0 radical (unpaired) electrons.